The second kappa shape index (κ2) is 5.47. The molecule has 0 aliphatic heterocycles. The highest BCUT2D eigenvalue weighted by atomic mass is 79.9. The number of benzene rings is 1. The largest absolute Gasteiger partial charge is 0.342 e. The minimum absolute atomic E-state index is 0.379. The van der Waals surface area contributed by atoms with E-state index in [1.807, 2.05) is 18.3 Å². The number of hydrogen-bond acceptors (Lipinski definition) is 2. The first-order valence-electron chi connectivity index (χ1n) is 5.71. The normalized spacial score (nSPS) is 12.6. The molecular formula is C13H16BrN3. The molecule has 1 atom stereocenters. The van der Waals surface area contributed by atoms with Crippen LogP contribution in [-0.4, -0.2) is 16.5 Å². The van der Waals surface area contributed by atoms with Gasteiger partial charge >= 0.3 is 0 Å². The van der Waals surface area contributed by atoms with E-state index in [-0.39, 0.29) is 0 Å². The van der Waals surface area contributed by atoms with Gasteiger partial charge in [-0.2, -0.15) is 0 Å². The molecular weight excluding hydrogens is 278 g/mol. The third-order valence-electron chi connectivity index (χ3n) is 2.82. The van der Waals surface area contributed by atoms with Crippen molar-refractivity contribution in [3.05, 3.63) is 40.8 Å². The van der Waals surface area contributed by atoms with Gasteiger partial charge in [-0.25, -0.2) is 4.98 Å². The zero-order valence-corrected chi connectivity index (χ0v) is 11.4. The maximum atomic E-state index is 5.55. The molecule has 1 heterocycles. The lowest BCUT2D eigenvalue weighted by atomic mass is 10.1. The van der Waals surface area contributed by atoms with E-state index >= 15 is 0 Å². The predicted molar refractivity (Wildman–Crippen MR) is 73.8 cm³/mol. The molecule has 2 rings (SSSR count). The molecule has 0 saturated heterocycles. The van der Waals surface area contributed by atoms with E-state index in [2.05, 4.69) is 45.0 Å². The number of H-pyrrole nitrogens is 1. The molecule has 2 aromatic rings. The van der Waals surface area contributed by atoms with Gasteiger partial charge in [0.15, 0.2) is 0 Å². The quantitative estimate of drug-likeness (QED) is 0.909. The molecule has 0 spiro atoms. The zero-order chi connectivity index (χ0) is 12.3. The van der Waals surface area contributed by atoms with Crippen LogP contribution in [0.5, 0.6) is 0 Å². The van der Waals surface area contributed by atoms with Crippen LogP contribution in [0.15, 0.2) is 34.9 Å². The van der Waals surface area contributed by atoms with E-state index in [9.17, 15) is 0 Å². The van der Waals surface area contributed by atoms with Crippen molar-refractivity contribution in [3.63, 3.8) is 0 Å². The molecule has 3 N–H and O–H groups in total. The first-order valence-corrected chi connectivity index (χ1v) is 6.51. The Kier molecular flexibility index (Phi) is 3.97. The summed E-state index contributed by atoms with van der Waals surface area (Å²) in [7, 11) is 0. The van der Waals surface area contributed by atoms with Gasteiger partial charge in [0, 0.05) is 10.4 Å². The summed E-state index contributed by atoms with van der Waals surface area (Å²) in [5, 5.41) is 0. The molecule has 0 bridgehead atoms. The van der Waals surface area contributed by atoms with Crippen LogP contribution in [0.2, 0.25) is 0 Å². The van der Waals surface area contributed by atoms with Crippen LogP contribution in [0.1, 0.15) is 25.1 Å². The number of aromatic nitrogens is 2. The van der Waals surface area contributed by atoms with Crippen molar-refractivity contribution in [3.8, 4) is 11.3 Å². The number of imidazole rings is 1. The second-order valence-electron chi connectivity index (χ2n) is 4.17. The van der Waals surface area contributed by atoms with Crippen LogP contribution >= 0.6 is 15.9 Å². The third-order valence-corrected chi connectivity index (χ3v) is 3.35. The molecule has 0 aliphatic carbocycles. The molecule has 4 heteroatoms. The van der Waals surface area contributed by atoms with Crippen LogP contribution in [-0.2, 0) is 0 Å². The smallest absolute Gasteiger partial charge is 0.109 e. The Morgan fingerprint density at radius 3 is 2.71 bits per heavy atom. The standard InChI is InChI=1S/C13H16BrN3/c1-9(6-7-15)13-16-8-12(17-13)10-2-4-11(14)5-3-10/h2-5,8-9H,6-7,15H2,1H3,(H,16,17). The maximum Gasteiger partial charge on any atom is 0.109 e. The van der Waals surface area contributed by atoms with E-state index in [1.165, 1.54) is 0 Å². The van der Waals surface area contributed by atoms with Gasteiger partial charge in [0.25, 0.3) is 0 Å². The van der Waals surface area contributed by atoms with Gasteiger partial charge in [-0.3, -0.25) is 0 Å². The Labute approximate surface area is 110 Å². The zero-order valence-electron chi connectivity index (χ0n) is 9.78. The Balaban J connectivity index is 2.20. The van der Waals surface area contributed by atoms with Crippen LogP contribution < -0.4 is 5.73 Å². The van der Waals surface area contributed by atoms with E-state index in [1.54, 1.807) is 0 Å². The lowest BCUT2D eigenvalue weighted by Gasteiger charge is -2.05. The van der Waals surface area contributed by atoms with Gasteiger partial charge in [-0.1, -0.05) is 35.0 Å². The average molecular weight is 294 g/mol. The SMILES string of the molecule is CC(CCN)c1ncc(-c2ccc(Br)cc2)[nH]1. The molecule has 0 amide bonds. The molecule has 90 valence electrons. The highest BCUT2D eigenvalue weighted by molar-refractivity contribution is 9.10. The van der Waals surface area contributed by atoms with Crippen molar-refractivity contribution in [1.29, 1.82) is 0 Å². The van der Waals surface area contributed by atoms with Gasteiger partial charge in [0.1, 0.15) is 5.82 Å². The van der Waals surface area contributed by atoms with Gasteiger partial charge < -0.3 is 10.7 Å². The Morgan fingerprint density at radius 1 is 1.35 bits per heavy atom. The summed E-state index contributed by atoms with van der Waals surface area (Å²) >= 11 is 3.43. The van der Waals surface area contributed by atoms with Crippen molar-refractivity contribution >= 4 is 15.9 Å². The van der Waals surface area contributed by atoms with Crippen molar-refractivity contribution in [2.75, 3.05) is 6.54 Å². The number of nitrogens with one attached hydrogen (secondary N) is 1. The molecule has 1 unspecified atom stereocenters. The second-order valence-corrected chi connectivity index (χ2v) is 5.08. The van der Waals surface area contributed by atoms with E-state index in [0.717, 1.165) is 28.0 Å². The van der Waals surface area contributed by atoms with Crippen LogP contribution in [0.25, 0.3) is 11.3 Å². The van der Waals surface area contributed by atoms with Gasteiger partial charge in [-0.05, 0) is 30.7 Å². The highest BCUT2D eigenvalue weighted by Gasteiger charge is 2.09. The first kappa shape index (κ1) is 12.3. The summed E-state index contributed by atoms with van der Waals surface area (Å²) in [6.07, 6.45) is 2.83. The van der Waals surface area contributed by atoms with Crippen molar-refractivity contribution in [2.45, 2.75) is 19.3 Å². The molecule has 0 radical (unpaired) electrons. The van der Waals surface area contributed by atoms with Crippen molar-refractivity contribution in [1.82, 2.24) is 9.97 Å². The molecule has 0 aliphatic rings. The summed E-state index contributed by atoms with van der Waals surface area (Å²) < 4.78 is 1.08. The fourth-order valence-electron chi connectivity index (χ4n) is 1.75. The summed E-state index contributed by atoms with van der Waals surface area (Å²) in [5.74, 6) is 1.39. The van der Waals surface area contributed by atoms with Gasteiger partial charge in [-0.15, -0.1) is 0 Å². The van der Waals surface area contributed by atoms with Crippen LogP contribution in [0.4, 0.5) is 0 Å². The lowest BCUT2D eigenvalue weighted by molar-refractivity contribution is 0.655. The first-order chi connectivity index (χ1) is 8.20. The number of hydrogen-bond donors (Lipinski definition) is 2. The van der Waals surface area contributed by atoms with Crippen LogP contribution in [0, 0.1) is 0 Å². The van der Waals surface area contributed by atoms with Crippen molar-refractivity contribution in [2.24, 2.45) is 5.73 Å². The summed E-state index contributed by atoms with van der Waals surface area (Å²) in [6, 6.07) is 8.18. The Bertz CT molecular complexity index is 476. The number of aromatic amines is 1. The third kappa shape index (κ3) is 2.96. The molecule has 1 aromatic carbocycles. The van der Waals surface area contributed by atoms with Gasteiger partial charge in [0.05, 0.1) is 11.9 Å². The molecule has 0 saturated carbocycles. The maximum absolute atomic E-state index is 5.55. The van der Waals surface area contributed by atoms with Crippen molar-refractivity contribution < 1.29 is 0 Å². The summed E-state index contributed by atoms with van der Waals surface area (Å²) in [4.78, 5) is 7.76. The van der Waals surface area contributed by atoms with Gasteiger partial charge in [0.2, 0.25) is 0 Å². The number of nitrogens with zero attached hydrogens (tertiary/aromatic N) is 1. The Hall–Kier alpha value is -1.13. The predicted octanol–water partition coefficient (Wildman–Crippen LogP) is 3.29. The monoisotopic (exact) mass is 293 g/mol. The van der Waals surface area contributed by atoms with Crippen LogP contribution in [0.3, 0.4) is 0 Å². The van der Waals surface area contributed by atoms with E-state index in [0.29, 0.717) is 12.5 Å². The topological polar surface area (TPSA) is 54.7 Å². The fourth-order valence-corrected chi connectivity index (χ4v) is 2.01. The minimum Gasteiger partial charge on any atom is -0.342 e. The fraction of sp³-hybridized carbons (Fsp3) is 0.308. The summed E-state index contributed by atoms with van der Waals surface area (Å²) in [5.41, 5.74) is 7.75. The molecule has 17 heavy (non-hydrogen) atoms. The highest BCUT2D eigenvalue weighted by Crippen LogP contribution is 2.22. The number of rotatable bonds is 4. The summed E-state index contributed by atoms with van der Waals surface area (Å²) in [6.45, 7) is 2.83. The van der Waals surface area contributed by atoms with E-state index < -0.39 is 0 Å². The van der Waals surface area contributed by atoms with E-state index in [4.69, 9.17) is 5.73 Å². The Morgan fingerprint density at radius 2 is 2.06 bits per heavy atom. The molecule has 1 aromatic heterocycles. The number of halogens is 1. The molecule has 3 nitrogen and oxygen atoms in total. The number of nitrogens with two attached hydrogens (primary N) is 1. The molecule has 0 fully saturated rings. The minimum atomic E-state index is 0.379. The average Bonchev–Trinajstić information content (AvgIpc) is 2.80. The lowest BCUT2D eigenvalue weighted by Crippen LogP contribution is -2.05.